The fourth-order valence-corrected chi connectivity index (χ4v) is 2.30. The third-order valence-electron chi connectivity index (χ3n) is 3.06. The van der Waals surface area contributed by atoms with Crippen LogP contribution in [0, 0.1) is 5.92 Å². The van der Waals surface area contributed by atoms with Gasteiger partial charge in [0.15, 0.2) is 0 Å². The van der Waals surface area contributed by atoms with E-state index in [1.54, 1.807) is 0 Å². The highest BCUT2D eigenvalue weighted by Crippen LogP contribution is 2.26. The van der Waals surface area contributed by atoms with Crippen molar-refractivity contribution in [2.24, 2.45) is 5.92 Å². The molecule has 1 N–H and O–H groups in total. The molecular formula is C16H25Cl2NO. The Morgan fingerprint density at radius 2 is 1.95 bits per heavy atom. The first-order valence-electron chi connectivity index (χ1n) is 7.30. The highest BCUT2D eigenvalue weighted by molar-refractivity contribution is 6.42. The molecular weight excluding hydrogens is 293 g/mol. The monoisotopic (exact) mass is 317 g/mol. The summed E-state index contributed by atoms with van der Waals surface area (Å²) in [5.74, 6) is 0.600. The molecule has 0 aliphatic heterocycles. The summed E-state index contributed by atoms with van der Waals surface area (Å²) in [6, 6.07) is 6.15. The van der Waals surface area contributed by atoms with Gasteiger partial charge in [0.2, 0.25) is 0 Å². The fourth-order valence-electron chi connectivity index (χ4n) is 2.00. The van der Waals surface area contributed by atoms with Gasteiger partial charge in [-0.15, -0.1) is 0 Å². The van der Waals surface area contributed by atoms with Crippen LogP contribution in [0.3, 0.4) is 0 Å². The van der Waals surface area contributed by atoms with Gasteiger partial charge in [0, 0.05) is 19.3 Å². The molecule has 114 valence electrons. The number of hydrogen-bond donors (Lipinski definition) is 1. The molecule has 0 amide bonds. The van der Waals surface area contributed by atoms with E-state index < -0.39 is 0 Å². The van der Waals surface area contributed by atoms with E-state index >= 15 is 0 Å². The second kappa shape index (κ2) is 9.62. The average molecular weight is 318 g/mol. The van der Waals surface area contributed by atoms with Crippen LogP contribution in [0.1, 0.15) is 45.2 Å². The van der Waals surface area contributed by atoms with Gasteiger partial charge in [-0.1, -0.05) is 50.0 Å². The van der Waals surface area contributed by atoms with Crippen molar-refractivity contribution in [2.75, 3.05) is 19.8 Å². The van der Waals surface area contributed by atoms with E-state index in [9.17, 15) is 0 Å². The zero-order valence-electron chi connectivity index (χ0n) is 12.6. The SMILES string of the molecule is CCC(NCCCOCC(C)C)c1ccc(Cl)c(Cl)c1. The Hall–Kier alpha value is -0.280. The molecule has 1 atom stereocenters. The van der Waals surface area contributed by atoms with E-state index in [4.69, 9.17) is 27.9 Å². The van der Waals surface area contributed by atoms with Gasteiger partial charge in [0.1, 0.15) is 0 Å². The molecule has 0 aliphatic rings. The lowest BCUT2D eigenvalue weighted by atomic mass is 10.0. The Morgan fingerprint density at radius 1 is 1.20 bits per heavy atom. The first-order chi connectivity index (χ1) is 9.54. The van der Waals surface area contributed by atoms with Crippen LogP contribution in [0.15, 0.2) is 18.2 Å². The fraction of sp³-hybridized carbons (Fsp3) is 0.625. The molecule has 0 fully saturated rings. The Labute approximate surface area is 132 Å². The minimum atomic E-state index is 0.315. The van der Waals surface area contributed by atoms with E-state index in [1.807, 2.05) is 18.2 Å². The molecule has 0 aromatic heterocycles. The molecule has 4 heteroatoms. The normalized spacial score (nSPS) is 12.9. The van der Waals surface area contributed by atoms with Gasteiger partial charge < -0.3 is 10.1 Å². The summed E-state index contributed by atoms with van der Waals surface area (Å²) in [4.78, 5) is 0. The molecule has 1 rings (SSSR count). The molecule has 0 radical (unpaired) electrons. The Morgan fingerprint density at radius 3 is 2.55 bits per heavy atom. The Balaban J connectivity index is 2.34. The van der Waals surface area contributed by atoms with E-state index in [2.05, 4.69) is 26.1 Å². The maximum atomic E-state index is 6.07. The lowest BCUT2D eigenvalue weighted by Crippen LogP contribution is -2.23. The average Bonchev–Trinajstić information content (AvgIpc) is 2.41. The number of hydrogen-bond acceptors (Lipinski definition) is 2. The van der Waals surface area contributed by atoms with Crippen LogP contribution in [0.2, 0.25) is 10.0 Å². The molecule has 20 heavy (non-hydrogen) atoms. The molecule has 1 unspecified atom stereocenters. The van der Waals surface area contributed by atoms with Gasteiger partial charge in [-0.25, -0.2) is 0 Å². The number of nitrogens with one attached hydrogen (secondary N) is 1. The first-order valence-corrected chi connectivity index (χ1v) is 8.06. The van der Waals surface area contributed by atoms with Crippen LogP contribution in [0.25, 0.3) is 0 Å². The molecule has 0 spiro atoms. The summed E-state index contributed by atoms with van der Waals surface area (Å²) in [7, 11) is 0. The topological polar surface area (TPSA) is 21.3 Å². The van der Waals surface area contributed by atoms with Crippen molar-refractivity contribution in [1.82, 2.24) is 5.32 Å². The zero-order valence-corrected chi connectivity index (χ0v) is 14.1. The van der Waals surface area contributed by atoms with Crippen LogP contribution in [0.5, 0.6) is 0 Å². The number of benzene rings is 1. The van der Waals surface area contributed by atoms with Gasteiger partial charge in [-0.05, 0) is 43.0 Å². The molecule has 0 bridgehead atoms. The highest BCUT2D eigenvalue weighted by atomic mass is 35.5. The maximum Gasteiger partial charge on any atom is 0.0595 e. The molecule has 1 aromatic rings. The summed E-state index contributed by atoms with van der Waals surface area (Å²) < 4.78 is 5.57. The van der Waals surface area contributed by atoms with Gasteiger partial charge in [-0.3, -0.25) is 0 Å². The van der Waals surface area contributed by atoms with Gasteiger partial charge in [0.05, 0.1) is 10.0 Å². The predicted octanol–water partition coefficient (Wildman–Crippen LogP) is 5.10. The zero-order chi connectivity index (χ0) is 15.0. The van der Waals surface area contributed by atoms with Crippen LogP contribution >= 0.6 is 23.2 Å². The minimum Gasteiger partial charge on any atom is -0.381 e. The summed E-state index contributed by atoms with van der Waals surface area (Å²) >= 11 is 12.0. The van der Waals surface area contributed by atoms with E-state index in [0.29, 0.717) is 22.0 Å². The van der Waals surface area contributed by atoms with E-state index in [0.717, 1.165) is 32.6 Å². The summed E-state index contributed by atoms with van der Waals surface area (Å²) in [6.07, 6.45) is 2.04. The van der Waals surface area contributed by atoms with Crippen molar-refractivity contribution < 1.29 is 4.74 Å². The molecule has 2 nitrogen and oxygen atoms in total. The first kappa shape index (κ1) is 17.8. The van der Waals surface area contributed by atoms with E-state index in [-0.39, 0.29) is 0 Å². The Bertz CT molecular complexity index is 396. The number of halogens is 2. The second-order valence-electron chi connectivity index (χ2n) is 5.41. The molecule has 0 heterocycles. The van der Waals surface area contributed by atoms with Crippen LogP contribution in [-0.4, -0.2) is 19.8 Å². The van der Waals surface area contributed by atoms with Crippen molar-refractivity contribution in [3.8, 4) is 0 Å². The van der Waals surface area contributed by atoms with Crippen molar-refractivity contribution in [3.05, 3.63) is 33.8 Å². The van der Waals surface area contributed by atoms with Crippen molar-refractivity contribution >= 4 is 23.2 Å². The standard InChI is InChI=1S/C16H25Cl2NO/c1-4-16(13-6-7-14(17)15(18)10-13)19-8-5-9-20-11-12(2)3/h6-7,10,12,16,19H,4-5,8-9,11H2,1-3H3. The summed E-state index contributed by atoms with van der Waals surface area (Å²) in [5, 5.41) is 4.76. The second-order valence-corrected chi connectivity index (χ2v) is 6.23. The van der Waals surface area contributed by atoms with Crippen LogP contribution in [-0.2, 0) is 4.74 Å². The van der Waals surface area contributed by atoms with Gasteiger partial charge in [0.25, 0.3) is 0 Å². The summed E-state index contributed by atoms with van der Waals surface area (Å²) in [5.41, 5.74) is 1.19. The highest BCUT2D eigenvalue weighted by Gasteiger charge is 2.10. The Kier molecular flexibility index (Phi) is 8.55. The molecule has 0 aliphatic carbocycles. The van der Waals surface area contributed by atoms with E-state index in [1.165, 1.54) is 5.56 Å². The lowest BCUT2D eigenvalue weighted by molar-refractivity contribution is 0.107. The number of rotatable bonds is 9. The third kappa shape index (κ3) is 6.45. The van der Waals surface area contributed by atoms with Crippen LogP contribution in [0.4, 0.5) is 0 Å². The van der Waals surface area contributed by atoms with Gasteiger partial charge >= 0.3 is 0 Å². The summed E-state index contributed by atoms with van der Waals surface area (Å²) in [6.45, 7) is 9.07. The maximum absolute atomic E-state index is 6.07. The predicted molar refractivity (Wildman–Crippen MR) is 87.8 cm³/mol. The minimum absolute atomic E-state index is 0.315. The number of ether oxygens (including phenoxy) is 1. The van der Waals surface area contributed by atoms with Crippen molar-refractivity contribution in [1.29, 1.82) is 0 Å². The van der Waals surface area contributed by atoms with Crippen molar-refractivity contribution in [2.45, 2.75) is 39.7 Å². The quantitative estimate of drug-likeness (QED) is 0.640. The third-order valence-corrected chi connectivity index (χ3v) is 3.80. The van der Waals surface area contributed by atoms with Gasteiger partial charge in [-0.2, -0.15) is 0 Å². The molecule has 0 saturated carbocycles. The van der Waals surface area contributed by atoms with Crippen molar-refractivity contribution in [3.63, 3.8) is 0 Å². The lowest BCUT2D eigenvalue weighted by Gasteiger charge is -2.18. The largest absolute Gasteiger partial charge is 0.381 e. The molecule has 1 aromatic carbocycles. The van der Waals surface area contributed by atoms with Crippen LogP contribution < -0.4 is 5.32 Å². The molecule has 0 saturated heterocycles. The smallest absolute Gasteiger partial charge is 0.0595 e.